The van der Waals surface area contributed by atoms with Gasteiger partial charge in [0, 0.05) is 10.9 Å². The van der Waals surface area contributed by atoms with Gasteiger partial charge in [0.2, 0.25) is 0 Å². The summed E-state index contributed by atoms with van der Waals surface area (Å²) in [5, 5.41) is 0. The number of hydrogen-bond acceptors (Lipinski definition) is 2. The predicted octanol–water partition coefficient (Wildman–Crippen LogP) is 4.12. The molecule has 102 valence electrons. The van der Waals surface area contributed by atoms with Crippen LogP contribution in [0.15, 0.2) is 46.9 Å². The Kier molecular flexibility index (Phi) is 3.74. The zero-order chi connectivity index (χ0) is 13.9. The lowest BCUT2D eigenvalue weighted by molar-refractivity contribution is 0.414. The molecule has 0 aliphatic carbocycles. The van der Waals surface area contributed by atoms with E-state index in [9.17, 15) is 0 Å². The lowest BCUT2D eigenvalue weighted by Gasteiger charge is -2.02. The molecule has 1 aromatic heterocycles. The summed E-state index contributed by atoms with van der Waals surface area (Å²) in [6, 6.07) is 14.3. The van der Waals surface area contributed by atoms with Crippen LogP contribution in [0, 0.1) is 0 Å². The van der Waals surface area contributed by atoms with Crippen molar-refractivity contribution in [3.05, 3.63) is 58.3 Å². The van der Waals surface area contributed by atoms with E-state index in [4.69, 9.17) is 4.74 Å². The minimum absolute atomic E-state index is 0.891. The van der Waals surface area contributed by atoms with Crippen molar-refractivity contribution < 1.29 is 4.74 Å². The maximum absolute atomic E-state index is 5.16. The molecule has 4 heteroatoms. The van der Waals surface area contributed by atoms with Gasteiger partial charge in [-0.25, -0.2) is 4.98 Å². The number of fused-ring (bicyclic) bond motifs is 1. The molecule has 1 heterocycles. The van der Waals surface area contributed by atoms with Gasteiger partial charge in [-0.3, -0.25) is 0 Å². The molecular formula is C16H15BrN2O. The van der Waals surface area contributed by atoms with Gasteiger partial charge in [-0.2, -0.15) is 0 Å². The maximum atomic E-state index is 5.16. The normalized spacial score (nSPS) is 10.9. The number of rotatable bonds is 4. The zero-order valence-corrected chi connectivity index (χ0v) is 12.8. The molecule has 0 unspecified atom stereocenters. The Morgan fingerprint density at radius 3 is 2.65 bits per heavy atom. The highest BCUT2D eigenvalue weighted by molar-refractivity contribution is 9.10. The van der Waals surface area contributed by atoms with Crippen molar-refractivity contribution in [1.29, 1.82) is 0 Å². The fourth-order valence-corrected chi connectivity index (χ4v) is 2.57. The second-order valence-corrected chi connectivity index (χ2v) is 5.61. The van der Waals surface area contributed by atoms with Gasteiger partial charge >= 0.3 is 0 Å². The Hall–Kier alpha value is -1.81. The number of hydrogen-bond donors (Lipinski definition) is 1. The highest BCUT2D eigenvalue weighted by Gasteiger charge is 2.04. The van der Waals surface area contributed by atoms with Crippen LogP contribution < -0.4 is 4.74 Å². The molecule has 0 saturated carbocycles. The van der Waals surface area contributed by atoms with Crippen molar-refractivity contribution in [1.82, 2.24) is 9.97 Å². The minimum Gasteiger partial charge on any atom is -0.497 e. The van der Waals surface area contributed by atoms with E-state index in [-0.39, 0.29) is 0 Å². The van der Waals surface area contributed by atoms with Crippen LogP contribution in [-0.2, 0) is 12.8 Å². The largest absolute Gasteiger partial charge is 0.497 e. The summed E-state index contributed by atoms with van der Waals surface area (Å²) < 4.78 is 6.23. The van der Waals surface area contributed by atoms with Crippen LogP contribution in [0.25, 0.3) is 11.0 Å². The number of benzene rings is 2. The quantitative estimate of drug-likeness (QED) is 0.781. The highest BCUT2D eigenvalue weighted by Crippen LogP contribution is 2.19. The van der Waals surface area contributed by atoms with Crippen molar-refractivity contribution in [2.45, 2.75) is 12.8 Å². The van der Waals surface area contributed by atoms with Gasteiger partial charge in [-0.1, -0.05) is 28.1 Å². The van der Waals surface area contributed by atoms with Crippen LogP contribution in [0.5, 0.6) is 5.75 Å². The number of imidazole rings is 1. The van der Waals surface area contributed by atoms with Crippen molar-refractivity contribution >= 4 is 27.0 Å². The zero-order valence-electron chi connectivity index (χ0n) is 11.2. The van der Waals surface area contributed by atoms with Crippen LogP contribution in [0.1, 0.15) is 11.4 Å². The average Bonchev–Trinajstić information content (AvgIpc) is 2.87. The number of nitrogens with zero attached hydrogens (tertiary/aromatic N) is 1. The highest BCUT2D eigenvalue weighted by atomic mass is 79.9. The van der Waals surface area contributed by atoms with Gasteiger partial charge < -0.3 is 9.72 Å². The number of nitrogens with one attached hydrogen (secondary N) is 1. The molecule has 3 aromatic rings. The van der Waals surface area contributed by atoms with Crippen molar-refractivity contribution in [3.8, 4) is 5.75 Å². The Morgan fingerprint density at radius 2 is 1.90 bits per heavy atom. The first-order chi connectivity index (χ1) is 9.74. The van der Waals surface area contributed by atoms with Crippen LogP contribution in [-0.4, -0.2) is 17.1 Å². The molecule has 0 spiro atoms. The summed E-state index contributed by atoms with van der Waals surface area (Å²) >= 11 is 3.47. The van der Waals surface area contributed by atoms with Gasteiger partial charge in [-0.15, -0.1) is 0 Å². The molecule has 0 saturated heterocycles. The molecule has 0 aliphatic rings. The van der Waals surface area contributed by atoms with Crippen molar-refractivity contribution in [2.24, 2.45) is 0 Å². The number of aromatic amines is 1. The minimum atomic E-state index is 0.891. The summed E-state index contributed by atoms with van der Waals surface area (Å²) in [5.74, 6) is 1.91. The van der Waals surface area contributed by atoms with E-state index in [1.54, 1.807) is 7.11 Å². The van der Waals surface area contributed by atoms with Gasteiger partial charge in [0.05, 0.1) is 18.1 Å². The molecule has 0 aliphatic heterocycles. The fraction of sp³-hybridized carbons (Fsp3) is 0.188. The molecule has 2 aromatic carbocycles. The molecule has 3 rings (SSSR count). The van der Waals surface area contributed by atoms with Crippen LogP contribution >= 0.6 is 15.9 Å². The van der Waals surface area contributed by atoms with Crippen molar-refractivity contribution in [2.75, 3.05) is 7.11 Å². The Balaban J connectivity index is 1.72. The Bertz CT molecular complexity index is 719. The first kappa shape index (κ1) is 13.2. The molecule has 0 amide bonds. The standard InChI is InChI=1S/C16H15BrN2O/c1-20-13-6-2-11(3-7-13)4-9-16-18-14-8-5-12(17)10-15(14)19-16/h2-3,5-8,10H,4,9H2,1H3,(H,18,19). The van der Waals surface area contributed by atoms with Crippen LogP contribution in [0.3, 0.4) is 0 Å². The fourth-order valence-electron chi connectivity index (χ4n) is 2.21. The van der Waals surface area contributed by atoms with Gasteiger partial charge in [0.15, 0.2) is 0 Å². The number of aromatic nitrogens is 2. The first-order valence-electron chi connectivity index (χ1n) is 6.52. The number of aryl methyl sites for hydroxylation is 2. The van der Waals surface area contributed by atoms with Crippen molar-refractivity contribution in [3.63, 3.8) is 0 Å². The van der Waals surface area contributed by atoms with Gasteiger partial charge in [-0.05, 0) is 42.3 Å². The van der Waals surface area contributed by atoms with E-state index < -0.39 is 0 Å². The molecule has 0 fully saturated rings. The van der Waals surface area contributed by atoms with E-state index in [1.165, 1.54) is 5.56 Å². The van der Waals surface area contributed by atoms with Crippen LogP contribution in [0.2, 0.25) is 0 Å². The van der Waals surface area contributed by atoms with E-state index in [0.717, 1.165) is 39.9 Å². The molecular weight excluding hydrogens is 316 g/mol. The van der Waals surface area contributed by atoms with Crippen LogP contribution in [0.4, 0.5) is 0 Å². The topological polar surface area (TPSA) is 37.9 Å². The molecule has 1 N–H and O–H groups in total. The summed E-state index contributed by atoms with van der Waals surface area (Å²) in [6.45, 7) is 0. The average molecular weight is 331 g/mol. The van der Waals surface area contributed by atoms with E-state index >= 15 is 0 Å². The Morgan fingerprint density at radius 1 is 1.10 bits per heavy atom. The lowest BCUT2D eigenvalue weighted by atomic mass is 10.1. The third-order valence-electron chi connectivity index (χ3n) is 3.30. The summed E-state index contributed by atoms with van der Waals surface area (Å²) in [6.07, 6.45) is 1.86. The molecule has 20 heavy (non-hydrogen) atoms. The smallest absolute Gasteiger partial charge is 0.118 e. The molecule has 0 bridgehead atoms. The van der Waals surface area contributed by atoms with E-state index in [1.807, 2.05) is 24.3 Å². The summed E-state index contributed by atoms with van der Waals surface area (Å²) in [4.78, 5) is 7.96. The second kappa shape index (κ2) is 5.67. The number of halogens is 1. The number of methoxy groups -OCH3 is 1. The number of ether oxygens (including phenoxy) is 1. The number of H-pyrrole nitrogens is 1. The Labute approximate surface area is 126 Å². The summed E-state index contributed by atoms with van der Waals surface area (Å²) in [7, 11) is 1.68. The predicted molar refractivity (Wildman–Crippen MR) is 84.2 cm³/mol. The molecule has 3 nitrogen and oxygen atoms in total. The lowest BCUT2D eigenvalue weighted by Crippen LogP contribution is -1.93. The van der Waals surface area contributed by atoms with Gasteiger partial charge in [0.25, 0.3) is 0 Å². The van der Waals surface area contributed by atoms with E-state index in [0.29, 0.717) is 0 Å². The second-order valence-electron chi connectivity index (χ2n) is 4.69. The third kappa shape index (κ3) is 2.85. The summed E-state index contributed by atoms with van der Waals surface area (Å²) in [5.41, 5.74) is 3.37. The van der Waals surface area contributed by atoms with Gasteiger partial charge in [0.1, 0.15) is 11.6 Å². The SMILES string of the molecule is COc1ccc(CCc2nc3ccc(Br)cc3[nH]2)cc1. The third-order valence-corrected chi connectivity index (χ3v) is 3.80. The monoisotopic (exact) mass is 330 g/mol. The molecule has 0 atom stereocenters. The van der Waals surface area contributed by atoms with E-state index in [2.05, 4.69) is 44.1 Å². The molecule has 0 radical (unpaired) electrons. The maximum Gasteiger partial charge on any atom is 0.118 e. The first-order valence-corrected chi connectivity index (χ1v) is 7.31.